The Morgan fingerprint density at radius 2 is 1.60 bits per heavy atom. The molecule has 87 heavy (non-hydrogen) atoms. The van der Waals surface area contributed by atoms with Gasteiger partial charge in [-0.1, -0.05) is 46.7 Å². The molecule has 5 heterocycles. The second kappa shape index (κ2) is 30.4. The highest BCUT2D eigenvalue weighted by atomic mass is 32.2. The highest BCUT2D eigenvalue weighted by Crippen LogP contribution is 2.42. The van der Waals surface area contributed by atoms with Gasteiger partial charge in [-0.05, 0) is 114 Å². The van der Waals surface area contributed by atoms with Crippen LogP contribution in [0.15, 0.2) is 33.2 Å². The summed E-state index contributed by atoms with van der Waals surface area (Å²) in [6, 6.07) is 3.25. The third-order valence-electron chi connectivity index (χ3n) is 18.2. The number of thioether (sulfide) groups is 1. The lowest BCUT2D eigenvalue weighted by Crippen LogP contribution is -2.61. The first-order valence-corrected chi connectivity index (χ1v) is 31.8. The number of ether oxygens (including phenoxy) is 9. The molecule has 0 spiro atoms. The van der Waals surface area contributed by atoms with Crippen LogP contribution >= 0.6 is 11.8 Å². The summed E-state index contributed by atoms with van der Waals surface area (Å²) < 4.78 is 58.6. The third-order valence-corrected chi connectivity index (χ3v) is 19.1. The van der Waals surface area contributed by atoms with Gasteiger partial charge in [0, 0.05) is 78.2 Å². The number of benzene rings is 1. The average Bonchev–Trinajstić information content (AvgIpc) is 1.55. The molecule has 18 atom stereocenters. The molecule has 25 heteroatoms. The van der Waals surface area contributed by atoms with E-state index in [1.165, 1.54) is 32.0 Å². The molecule has 494 valence electrons. The van der Waals surface area contributed by atoms with E-state index < -0.39 is 125 Å². The number of hydrogen-bond acceptors (Lipinski definition) is 22. The molecule has 2 aromatic rings. The number of alkyl carbamates (subject to hydrolysis) is 1. The average molecular weight is 1250 g/mol. The second-order valence-electron chi connectivity index (χ2n) is 25.5. The molecule has 4 aliphatic rings. The van der Waals surface area contributed by atoms with E-state index >= 15 is 0 Å². The standard InChI is InChI=1S/C62H101N5O19S/c1-18-45-62(14,76)52(70)36(6)47(64-80-24-22-66(19-2)20-3)34(4)30-60(12,75)53(85-57-50(69)44(65(15)16)27-35(5)81-57)37(7)51(38(8)56(73)83-45)84-46-31-61(13,77-17)54(39(9)82-46)86-58(74)63-21-23-78-25-26-87-41-28-40-33-79-59(10,11)67-32-43(55(71)72)49(68)42(29-41)48(40)67/h28-29,32,34-39,44-46,50-54,57,69-70,75-76H,18-27,30-31,33H2,1-17H3,(H,63,74)(H,71,72)/b64-47+/t34-,35+,36+,37+,38-,39+,44-,45-,46+,50+,51+,52-,53-,54+,57-,60-,61-,62-/m1/s1. The minimum Gasteiger partial charge on any atom is -0.477 e. The molecule has 6 rings (SSSR count). The number of amides is 1. The van der Waals surface area contributed by atoms with Crippen LogP contribution in [0, 0.1) is 23.7 Å². The molecule has 4 aliphatic heterocycles. The van der Waals surface area contributed by atoms with E-state index in [0.29, 0.717) is 35.3 Å². The topological polar surface area (TPSA) is 298 Å². The summed E-state index contributed by atoms with van der Waals surface area (Å²) in [5, 5.41) is 66.8. The fourth-order valence-corrected chi connectivity index (χ4v) is 13.8. The predicted molar refractivity (Wildman–Crippen MR) is 326 cm³/mol. The van der Waals surface area contributed by atoms with Gasteiger partial charge >= 0.3 is 18.0 Å². The molecule has 3 fully saturated rings. The van der Waals surface area contributed by atoms with E-state index in [1.807, 2.05) is 66.6 Å². The van der Waals surface area contributed by atoms with Gasteiger partial charge in [-0.25, -0.2) is 9.59 Å². The fraction of sp³-hybridized carbons (Fsp3) is 0.790. The van der Waals surface area contributed by atoms with Crippen LogP contribution in [-0.2, 0) is 64.6 Å². The molecular formula is C62H101N5O19S. The molecule has 0 unspecified atom stereocenters. The Hall–Kier alpha value is -4.06. The highest BCUT2D eigenvalue weighted by molar-refractivity contribution is 7.99. The summed E-state index contributed by atoms with van der Waals surface area (Å²) in [5.41, 5.74) is -5.07. The van der Waals surface area contributed by atoms with Crippen LogP contribution in [0.1, 0.15) is 139 Å². The van der Waals surface area contributed by atoms with Crippen LogP contribution in [0.5, 0.6) is 0 Å². The number of rotatable bonds is 22. The number of carboxylic acids is 1. The number of cyclic esters (lactones) is 1. The number of oxime groups is 1. The number of likely N-dealkylation sites (N-methyl/N-ethyl adjacent to an activating group) is 2. The molecule has 1 aromatic carbocycles. The van der Waals surface area contributed by atoms with E-state index in [-0.39, 0.29) is 69.9 Å². The number of aliphatic hydroxyl groups is 4. The first-order chi connectivity index (χ1) is 40.8. The SMILES string of the molecule is CC[C@H]1OC(=O)[C@H](C)[C@@H](O[C@H]2C[C@@](C)(OC)[C@@H](OC(=O)NCCOCCSc3cc4c5c(c3)c(=O)c(C(=O)O)cn5C(C)(C)OC4)[C@H](C)O2)[C@H](C)[C@@H](O[C@H]2O[C@@H](C)C[C@@H](N(C)C)[C@@H]2O)[C@](C)(O)C[C@@H](C)/C(=N\OCCN(CC)CC)[C@H](C)[C@@H](O)[C@]1(C)O. The minimum absolute atomic E-state index is 0.0198. The van der Waals surface area contributed by atoms with E-state index in [2.05, 4.69) is 15.4 Å². The number of methoxy groups -OCH3 is 1. The van der Waals surface area contributed by atoms with E-state index in [1.54, 1.807) is 59.1 Å². The largest absolute Gasteiger partial charge is 0.477 e. The van der Waals surface area contributed by atoms with Gasteiger partial charge in [0.15, 0.2) is 18.7 Å². The van der Waals surface area contributed by atoms with Gasteiger partial charge in [0.2, 0.25) is 5.43 Å². The molecule has 0 aliphatic carbocycles. The quantitative estimate of drug-likeness (QED) is 0.0356. The van der Waals surface area contributed by atoms with Crippen molar-refractivity contribution in [2.45, 2.75) is 224 Å². The van der Waals surface area contributed by atoms with Crippen LogP contribution in [0.3, 0.4) is 0 Å². The van der Waals surface area contributed by atoms with E-state index in [4.69, 9.17) is 47.5 Å². The van der Waals surface area contributed by atoms with Crippen molar-refractivity contribution >= 4 is 46.4 Å². The maximum Gasteiger partial charge on any atom is 0.407 e. The number of nitrogens with one attached hydrogen (secondary N) is 1. The van der Waals surface area contributed by atoms with Crippen LogP contribution < -0.4 is 10.7 Å². The number of nitrogens with zero attached hydrogens (tertiary/aromatic N) is 4. The Morgan fingerprint density at radius 3 is 2.23 bits per heavy atom. The zero-order chi connectivity index (χ0) is 64.7. The summed E-state index contributed by atoms with van der Waals surface area (Å²) >= 11 is 1.43. The summed E-state index contributed by atoms with van der Waals surface area (Å²) in [7, 11) is 5.19. The Morgan fingerprint density at radius 1 is 0.908 bits per heavy atom. The van der Waals surface area contributed by atoms with Crippen LogP contribution in [0.25, 0.3) is 10.9 Å². The van der Waals surface area contributed by atoms with Gasteiger partial charge in [0.05, 0.1) is 73.1 Å². The number of carbonyl (C=O) groups is 3. The van der Waals surface area contributed by atoms with Crippen molar-refractivity contribution in [3.63, 3.8) is 0 Å². The number of aliphatic hydroxyl groups excluding tert-OH is 2. The molecule has 1 amide bonds. The van der Waals surface area contributed by atoms with Crippen molar-refractivity contribution in [2.24, 2.45) is 28.8 Å². The number of esters is 1. The number of carbonyl (C=O) groups excluding carboxylic acids is 2. The monoisotopic (exact) mass is 1250 g/mol. The van der Waals surface area contributed by atoms with Gasteiger partial charge in [-0.2, -0.15) is 0 Å². The first-order valence-electron chi connectivity index (χ1n) is 30.8. The first kappa shape index (κ1) is 72.0. The molecule has 6 N–H and O–H groups in total. The molecule has 0 radical (unpaired) electrons. The molecular weight excluding hydrogens is 1150 g/mol. The van der Waals surface area contributed by atoms with Crippen LogP contribution in [-0.4, -0.2) is 221 Å². The number of aromatic carboxylic acids is 1. The molecule has 1 aromatic heterocycles. The van der Waals surface area contributed by atoms with Gasteiger partial charge in [-0.3, -0.25) is 9.59 Å². The van der Waals surface area contributed by atoms with E-state index in [9.17, 15) is 44.7 Å². The van der Waals surface area contributed by atoms with Crippen molar-refractivity contribution < 1.29 is 87.4 Å². The number of aromatic nitrogens is 1. The highest BCUT2D eigenvalue weighted by Gasteiger charge is 2.54. The maximum absolute atomic E-state index is 14.8. The smallest absolute Gasteiger partial charge is 0.407 e. The summed E-state index contributed by atoms with van der Waals surface area (Å²) in [4.78, 5) is 64.3. The lowest BCUT2D eigenvalue weighted by Gasteiger charge is -2.49. The minimum atomic E-state index is -2.01. The number of pyridine rings is 1. The normalized spacial score (nSPS) is 35.7. The maximum atomic E-state index is 14.8. The van der Waals surface area contributed by atoms with Crippen molar-refractivity contribution in [3.05, 3.63) is 39.7 Å². The van der Waals surface area contributed by atoms with Crippen molar-refractivity contribution in [1.29, 1.82) is 0 Å². The van der Waals surface area contributed by atoms with Crippen molar-refractivity contribution in [3.8, 4) is 0 Å². The Labute approximate surface area is 517 Å². The second-order valence-corrected chi connectivity index (χ2v) is 26.6. The van der Waals surface area contributed by atoms with Crippen molar-refractivity contribution in [1.82, 2.24) is 19.7 Å². The summed E-state index contributed by atoms with van der Waals surface area (Å²) in [6.45, 7) is 27.9. The third kappa shape index (κ3) is 16.9. The molecule has 24 nitrogen and oxygen atoms in total. The number of hydrogen-bond donors (Lipinski definition) is 6. The molecule has 3 saturated heterocycles. The fourth-order valence-electron chi connectivity index (χ4n) is 12.9. The lowest BCUT2D eigenvalue weighted by molar-refractivity contribution is -0.317. The van der Waals surface area contributed by atoms with Gasteiger partial charge in [0.1, 0.15) is 41.3 Å². The van der Waals surface area contributed by atoms with Gasteiger partial charge in [-0.15, -0.1) is 11.8 Å². The summed E-state index contributed by atoms with van der Waals surface area (Å²) in [6.07, 6.45) is -9.78. The Balaban J connectivity index is 1.19. The molecule has 0 bridgehead atoms. The number of carboxylic acid groups (broad SMARTS) is 1. The lowest BCUT2D eigenvalue weighted by atomic mass is 9.73. The van der Waals surface area contributed by atoms with Crippen LogP contribution in [0.2, 0.25) is 0 Å². The zero-order valence-electron chi connectivity index (χ0n) is 54.2. The van der Waals surface area contributed by atoms with Crippen molar-refractivity contribution in [2.75, 3.05) is 73.0 Å². The predicted octanol–water partition coefficient (Wildman–Crippen LogP) is 5.71. The molecule has 0 saturated carbocycles. The zero-order valence-corrected chi connectivity index (χ0v) is 55.0. The van der Waals surface area contributed by atoms with E-state index in [0.717, 1.165) is 23.5 Å². The summed E-state index contributed by atoms with van der Waals surface area (Å²) in [5.74, 6) is -5.19. The van der Waals surface area contributed by atoms with Crippen LogP contribution in [0.4, 0.5) is 4.79 Å². The van der Waals surface area contributed by atoms with Gasteiger partial charge < -0.3 is 92.7 Å². The Kier molecular flexibility index (Phi) is 25.1. The van der Waals surface area contributed by atoms with Gasteiger partial charge in [0.25, 0.3) is 0 Å². The Bertz CT molecular complexity index is 2720.